The number of carbonyl (C=O) groups excluding carboxylic acids is 1. The van der Waals surface area contributed by atoms with Gasteiger partial charge in [0.2, 0.25) is 5.69 Å². The fourth-order valence-corrected chi connectivity index (χ4v) is 2.98. The third-order valence-electron chi connectivity index (χ3n) is 3.79. The quantitative estimate of drug-likeness (QED) is 0.776. The molecule has 0 unspecified atom stereocenters. The van der Waals surface area contributed by atoms with Gasteiger partial charge >= 0.3 is 0 Å². The molecule has 9 heteroatoms. The van der Waals surface area contributed by atoms with Crippen molar-refractivity contribution in [3.63, 3.8) is 0 Å². The van der Waals surface area contributed by atoms with E-state index in [1.54, 1.807) is 23.1 Å². The van der Waals surface area contributed by atoms with Crippen LogP contribution in [0.2, 0.25) is 10.0 Å². The smallest absolute Gasteiger partial charge is 0.260 e. The van der Waals surface area contributed by atoms with Gasteiger partial charge in [-0.1, -0.05) is 23.2 Å². The Bertz CT molecular complexity index is 856. The summed E-state index contributed by atoms with van der Waals surface area (Å²) in [4.78, 5) is 21.9. The van der Waals surface area contributed by atoms with E-state index in [-0.39, 0.29) is 30.2 Å². The summed E-state index contributed by atoms with van der Waals surface area (Å²) in [7, 11) is 0. The van der Waals surface area contributed by atoms with E-state index in [0.29, 0.717) is 35.3 Å². The van der Waals surface area contributed by atoms with Crippen LogP contribution in [-0.4, -0.2) is 46.6 Å². The second-order valence-corrected chi connectivity index (χ2v) is 6.40. The number of ether oxygens (including phenoxy) is 2. The van der Waals surface area contributed by atoms with Crippen LogP contribution < -0.4 is 9.47 Å². The Balaban J connectivity index is 1.53. The van der Waals surface area contributed by atoms with Crippen molar-refractivity contribution in [2.75, 3.05) is 19.7 Å². The molecule has 3 rings (SSSR count). The van der Waals surface area contributed by atoms with E-state index in [9.17, 15) is 4.79 Å². The molecule has 0 spiro atoms. The summed E-state index contributed by atoms with van der Waals surface area (Å²) in [6.45, 7) is 0.782. The first-order valence-electron chi connectivity index (χ1n) is 7.80. The summed E-state index contributed by atoms with van der Waals surface area (Å²) in [6, 6.07) is 6.74. The molecule has 1 aromatic heterocycles. The maximum absolute atomic E-state index is 12.3. The number of likely N-dealkylation sites (tertiary alicyclic amines) is 1. The molecule has 1 aliphatic heterocycles. The number of nitriles is 1. The molecule has 0 bridgehead atoms. The van der Waals surface area contributed by atoms with Gasteiger partial charge in [-0.05, 0) is 18.2 Å². The zero-order valence-electron chi connectivity index (χ0n) is 13.6. The zero-order chi connectivity index (χ0) is 18.5. The molecule has 1 atom stereocenters. The molecule has 0 saturated carbocycles. The molecule has 2 aromatic rings. The van der Waals surface area contributed by atoms with E-state index in [2.05, 4.69) is 9.97 Å². The van der Waals surface area contributed by atoms with Crippen molar-refractivity contribution in [1.29, 1.82) is 5.26 Å². The SMILES string of the molecule is N#Cc1nccnc1O[C@@H]1CCN(C(=O)COc2ccc(Cl)cc2Cl)C1. The first-order chi connectivity index (χ1) is 12.6. The zero-order valence-corrected chi connectivity index (χ0v) is 15.1. The Morgan fingerprint density at radius 1 is 1.35 bits per heavy atom. The highest BCUT2D eigenvalue weighted by Crippen LogP contribution is 2.27. The molecule has 0 aliphatic carbocycles. The highest BCUT2D eigenvalue weighted by atomic mass is 35.5. The summed E-state index contributed by atoms with van der Waals surface area (Å²) in [6.07, 6.45) is 3.27. The van der Waals surface area contributed by atoms with E-state index in [0.717, 1.165) is 0 Å². The minimum absolute atomic E-state index is 0.123. The summed E-state index contributed by atoms with van der Waals surface area (Å²) in [5.41, 5.74) is 0.123. The molecule has 7 nitrogen and oxygen atoms in total. The molecule has 0 radical (unpaired) electrons. The number of hydrogen-bond donors (Lipinski definition) is 0. The number of carbonyl (C=O) groups is 1. The molecule has 1 amide bonds. The predicted molar refractivity (Wildman–Crippen MR) is 94.3 cm³/mol. The van der Waals surface area contributed by atoms with Crippen molar-refractivity contribution in [2.24, 2.45) is 0 Å². The normalized spacial score (nSPS) is 16.2. The highest BCUT2D eigenvalue weighted by molar-refractivity contribution is 6.35. The van der Waals surface area contributed by atoms with Crippen LogP contribution in [0.1, 0.15) is 12.1 Å². The second kappa shape index (κ2) is 8.21. The fraction of sp³-hybridized carbons (Fsp3) is 0.294. The van der Waals surface area contributed by atoms with Gasteiger partial charge in [-0.2, -0.15) is 5.26 Å². The van der Waals surface area contributed by atoms with Crippen LogP contribution in [0.4, 0.5) is 0 Å². The lowest BCUT2D eigenvalue weighted by atomic mass is 10.3. The van der Waals surface area contributed by atoms with Crippen molar-refractivity contribution < 1.29 is 14.3 Å². The van der Waals surface area contributed by atoms with Gasteiger partial charge < -0.3 is 14.4 Å². The number of hydrogen-bond acceptors (Lipinski definition) is 6. The third kappa shape index (κ3) is 4.34. The molecular formula is C17H14Cl2N4O3. The number of aromatic nitrogens is 2. The van der Waals surface area contributed by atoms with Crippen molar-refractivity contribution in [3.05, 3.63) is 46.3 Å². The molecule has 0 N–H and O–H groups in total. The van der Waals surface area contributed by atoms with Gasteiger partial charge in [0.05, 0.1) is 11.6 Å². The maximum atomic E-state index is 12.3. The van der Waals surface area contributed by atoms with Crippen LogP contribution in [0.3, 0.4) is 0 Å². The summed E-state index contributed by atoms with van der Waals surface area (Å²) in [5.74, 6) is 0.398. The van der Waals surface area contributed by atoms with E-state index in [1.165, 1.54) is 12.4 Å². The van der Waals surface area contributed by atoms with Gasteiger partial charge in [0.1, 0.15) is 17.9 Å². The first-order valence-corrected chi connectivity index (χ1v) is 8.56. The number of nitrogens with zero attached hydrogens (tertiary/aromatic N) is 4. The highest BCUT2D eigenvalue weighted by Gasteiger charge is 2.29. The topological polar surface area (TPSA) is 88.3 Å². The minimum Gasteiger partial charge on any atom is -0.482 e. The van der Waals surface area contributed by atoms with Gasteiger partial charge in [0.15, 0.2) is 6.61 Å². The standard InChI is InChI=1S/C17H14Cl2N4O3/c18-11-1-2-15(13(19)7-11)25-10-16(24)23-6-3-12(9-23)26-17-14(8-20)21-4-5-22-17/h1-2,4-5,7,12H,3,6,9-10H2/t12-/m1/s1. The number of rotatable bonds is 5. The van der Waals surface area contributed by atoms with Gasteiger partial charge in [-0.15, -0.1) is 0 Å². The molecular weight excluding hydrogens is 379 g/mol. The number of amides is 1. The van der Waals surface area contributed by atoms with E-state index in [4.69, 9.17) is 37.9 Å². The maximum Gasteiger partial charge on any atom is 0.260 e. The monoisotopic (exact) mass is 392 g/mol. The largest absolute Gasteiger partial charge is 0.482 e. The van der Waals surface area contributed by atoms with Crippen LogP contribution in [0.5, 0.6) is 11.6 Å². The number of benzene rings is 1. The van der Waals surface area contributed by atoms with Crippen molar-refractivity contribution in [2.45, 2.75) is 12.5 Å². The molecule has 1 aromatic carbocycles. The van der Waals surface area contributed by atoms with Crippen molar-refractivity contribution >= 4 is 29.1 Å². The van der Waals surface area contributed by atoms with Gasteiger partial charge in [0, 0.05) is 30.4 Å². The molecule has 2 heterocycles. The second-order valence-electron chi connectivity index (χ2n) is 5.55. The Labute approximate surface area is 160 Å². The van der Waals surface area contributed by atoms with Crippen LogP contribution in [0.25, 0.3) is 0 Å². The van der Waals surface area contributed by atoms with E-state index >= 15 is 0 Å². The van der Waals surface area contributed by atoms with Gasteiger partial charge in [0.25, 0.3) is 11.8 Å². The van der Waals surface area contributed by atoms with E-state index in [1.807, 2.05) is 6.07 Å². The molecule has 1 saturated heterocycles. The predicted octanol–water partition coefficient (Wildman–Crippen LogP) is 2.71. The summed E-state index contributed by atoms with van der Waals surface area (Å²) >= 11 is 11.8. The third-order valence-corrected chi connectivity index (χ3v) is 4.32. The number of halogens is 2. The van der Waals surface area contributed by atoms with Gasteiger partial charge in [-0.3, -0.25) is 4.79 Å². The Morgan fingerprint density at radius 2 is 2.15 bits per heavy atom. The lowest BCUT2D eigenvalue weighted by molar-refractivity contribution is -0.132. The lowest BCUT2D eigenvalue weighted by Gasteiger charge is -2.17. The average molecular weight is 393 g/mol. The minimum atomic E-state index is -0.248. The average Bonchev–Trinajstić information content (AvgIpc) is 3.10. The molecule has 1 aliphatic rings. The van der Waals surface area contributed by atoms with E-state index < -0.39 is 0 Å². The summed E-state index contributed by atoms with van der Waals surface area (Å²) in [5, 5.41) is 9.86. The molecule has 134 valence electrons. The van der Waals surface area contributed by atoms with Gasteiger partial charge in [-0.25, -0.2) is 9.97 Å². The van der Waals surface area contributed by atoms with Crippen LogP contribution in [0, 0.1) is 11.3 Å². The first kappa shape index (κ1) is 18.2. The molecule has 26 heavy (non-hydrogen) atoms. The Hall–Kier alpha value is -2.56. The molecule has 1 fully saturated rings. The lowest BCUT2D eigenvalue weighted by Crippen LogP contribution is -2.34. The Morgan fingerprint density at radius 3 is 2.92 bits per heavy atom. The van der Waals surface area contributed by atoms with Crippen LogP contribution in [-0.2, 0) is 4.79 Å². The summed E-state index contributed by atoms with van der Waals surface area (Å²) < 4.78 is 11.2. The van der Waals surface area contributed by atoms with Crippen molar-refractivity contribution in [1.82, 2.24) is 14.9 Å². The van der Waals surface area contributed by atoms with Crippen LogP contribution in [0.15, 0.2) is 30.6 Å². The van der Waals surface area contributed by atoms with Crippen LogP contribution >= 0.6 is 23.2 Å². The Kier molecular flexibility index (Phi) is 5.76. The van der Waals surface area contributed by atoms with Crippen molar-refractivity contribution in [3.8, 4) is 17.7 Å². The fourth-order valence-electron chi connectivity index (χ4n) is 2.52.